The Morgan fingerprint density at radius 2 is 0.489 bits per heavy atom. The van der Waals surface area contributed by atoms with E-state index in [0.29, 0.717) is 37.5 Å². The summed E-state index contributed by atoms with van der Waals surface area (Å²) in [5, 5.41) is 10.6. The van der Waals surface area contributed by atoms with Crippen LogP contribution >= 0.6 is 15.6 Å². The van der Waals surface area contributed by atoms with E-state index in [0.717, 1.165) is 96.3 Å². The molecule has 0 aliphatic heterocycles. The maximum atomic E-state index is 13.1. The number of aliphatic hydroxyl groups excluding tert-OH is 1. The van der Waals surface area contributed by atoms with E-state index in [1.165, 1.54) is 199 Å². The van der Waals surface area contributed by atoms with Gasteiger partial charge < -0.3 is 33.8 Å². The first-order valence-corrected chi connectivity index (χ1v) is 42.0. The van der Waals surface area contributed by atoms with Gasteiger partial charge in [0.25, 0.3) is 0 Å². The molecule has 0 rings (SSSR count). The summed E-state index contributed by atoms with van der Waals surface area (Å²) < 4.78 is 68.3. The molecule has 0 spiro atoms. The molecule has 3 N–H and O–H groups in total. The highest BCUT2D eigenvalue weighted by atomic mass is 31.2. The van der Waals surface area contributed by atoms with Crippen LogP contribution in [0, 0.1) is 11.8 Å². The summed E-state index contributed by atoms with van der Waals surface area (Å²) in [6.45, 7) is 9.40. The van der Waals surface area contributed by atoms with Crippen LogP contribution in [0.2, 0.25) is 0 Å². The van der Waals surface area contributed by atoms with Gasteiger partial charge in [-0.2, -0.15) is 0 Å². The normalized spacial score (nSPS) is 14.0. The lowest BCUT2D eigenvalue weighted by Gasteiger charge is -2.21. The van der Waals surface area contributed by atoms with Gasteiger partial charge in [0.1, 0.15) is 19.3 Å². The zero-order chi connectivity index (χ0) is 69.3. The van der Waals surface area contributed by atoms with Gasteiger partial charge in [0.05, 0.1) is 26.4 Å². The first kappa shape index (κ1) is 92.1. The van der Waals surface area contributed by atoms with Crippen molar-refractivity contribution in [1.82, 2.24) is 0 Å². The minimum atomic E-state index is -4.96. The highest BCUT2D eigenvalue weighted by Crippen LogP contribution is 2.45. The molecule has 0 bridgehead atoms. The van der Waals surface area contributed by atoms with Crippen molar-refractivity contribution in [3.05, 3.63) is 0 Å². The molecule has 0 fully saturated rings. The van der Waals surface area contributed by atoms with E-state index in [1.807, 2.05) is 0 Å². The molecule has 0 aliphatic rings. The highest BCUT2D eigenvalue weighted by molar-refractivity contribution is 7.47. The van der Waals surface area contributed by atoms with Crippen LogP contribution in [0.15, 0.2) is 0 Å². The molecule has 0 aliphatic carbocycles. The Hall–Kier alpha value is -1.94. The minimum absolute atomic E-state index is 0.101. The van der Waals surface area contributed by atoms with Crippen molar-refractivity contribution in [3.63, 3.8) is 0 Å². The Balaban J connectivity index is 5.15. The van der Waals surface area contributed by atoms with E-state index < -0.39 is 97.5 Å². The molecule has 0 aromatic carbocycles. The fourth-order valence-corrected chi connectivity index (χ4v) is 13.1. The third kappa shape index (κ3) is 68.6. The summed E-state index contributed by atoms with van der Waals surface area (Å²) in [5.41, 5.74) is 0. The topological polar surface area (TPSA) is 237 Å². The summed E-state index contributed by atoms with van der Waals surface area (Å²) in [6, 6.07) is 0. The first-order valence-electron chi connectivity index (χ1n) is 39.0. The molecule has 5 atom stereocenters. The van der Waals surface area contributed by atoms with E-state index >= 15 is 0 Å². The SMILES string of the molecule is CCCCCCCCCCCCCCCCCCCCCCCCC(=O)O[C@H](COC(=O)CCCCCCCCCCCCCCCC)COP(=O)(O)OC[C@@H](O)COP(=O)(O)OC[C@@H](COC(=O)CCCCCCCCC(C)C)OC(=O)CCCCCCCCC(C)C. The molecule has 0 radical (unpaired) electrons. The molecule has 0 aromatic rings. The third-order valence-corrected chi connectivity index (χ3v) is 19.4. The Labute approximate surface area is 575 Å². The maximum Gasteiger partial charge on any atom is 0.472 e. The van der Waals surface area contributed by atoms with Gasteiger partial charge in [0.2, 0.25) is 0 Å². The van der Waals surface area contributed by atoms with Gasteiger partial charge in [0.15, 0.2) is 12.2 Å². The molecule has 0 aromatic heterocycles. The van der Waals surface area contributed by atoms with E-state index in [-0.39, 0.29) is 25.7 Å². The number of aliphatic hydroxyl groups is 1. The second kappa shape index (κ2) is 66.9. The van der Waals surface area contributed by atoms with Gasteiger partial charge in [-0.1, -0.05) is 337 Å². The van der Waals surface area contributed by atoms with Crippen LogP contribution in [0.5, 0.6) is 0 Å². The van der Waals surface area contributed by atoms with E-state index in [9.17, 15) is 43.2 Å². The molecule has 558 valence electrons. The van der Waals surface area contributed by atoms with Crippen LogP contribution in [-0.4, -0.2) is 96.7 Å². The summed E-state index contributed by atoms with van der Waals surface area (Å²) in [7, 11) is -9.90. The van der Waals surface area contributed by atoms with Gasteiger partial charge in [-0.3, -0.25) is 37.3 Å². The number of hydrogen-bond donors (Lipinski definition) is 3. The predicted molar refractivity (Wildman–Crippen MR) is 381 cm³/mol. The van der Waals surface area contributed by atoms with Gasteiger partial charge in [0, 0.05) is 25.7 Å². The van der Waals surface area contributed by atoms with Crippen molar-refractivity contribution in [2.45, 2.75) is 407 Å². The van der Waals surface area contributed by atoms with Crippen LogP contribution in [0.4, 0.5) is 0 Å². The molecule has 0 saturated heterocycles. The molecule has 94 heavy (non-hydrogen) atoms. The number of carbonyl (C=O) groups is 4. The third-order valence-electron chi connectivity index (χ3n) is 17.5. The van der Waals surface area contributed by atoms with Gasteiger partial charge in [-0.15, -0.1) is 0 Å². The van der Waals surface area contributed by atoms with Gasteiger partial charge in [-0.25, -0.2) is 9.13 Å². The van der Waals surface area contributed by atoms with E-state index in [2.05, 4.69) is 41.5 Å². The fraction of sp³-hybridized carbons (Fsp3) is 0.947. The highest BCUT2D eigenvalue weighted by Gasteiger charge is 2.30. The monoisotopic (exact) mass is 1380 g/mol. The van der Waals surface area contributed by atoms with Crippen LogP contribution in [0.3, 0.4) is 0 Å². The molecule has 0 amide bonds. The number of esters is 4. The smallest absolute Gasteiger partial charge is 0.462 e. The van der Waals surface area contributed by atoms with Gasteiger partial charge >= 0.3 is 39.5 Å². The van der Waals surface area contributed by atoms with Crippen LogP contribution in [0.1, 0.15) is 388 Å². The number of carbonyl (C=O) groups excluding carboxylic acids is 4. The quantitative estimate of drug-likeness (QED) is 0.0222. The van der Waals surface area contributed by atoms with Crippen LogP contribution < -0.4 is 0 Å². The molecule has 0 heterocycles. The Morgan fingerprint density at radius 1 is 0.287 bits per heavy atom. The molecular weight excluding hydrogens is 1230 g/mol. The zero-order valence-corrected chi connectivity index (χ0v) is 63.1. The Kier molecular flexibility index (Phi) is 65.5. The van der Waals surface area contributed by atoms with Crippen molar-refractivity contribution in [2.24, 2.45) is 11.8 Å². The van der Waals surface area contributed by atoms with E-state index in [4.69, 9.17) is 37.0 Å². The van der Waals surface area contributed by atoms with Crippen molar-refractivity contribution < 1.29 is 80.2 Å². The maximum absolute atomic E-state index is 13.1. The average molecular weight is 1380 g/mol. The molecule has 0 saturated carbocycles. The number of phosphoric acid groups is 2. The Bertz CT molecular complexity index is 1820. The minimum Gasteiger partial charge on any atom is -0.462 e. The van der Waals surface area contributed by atoms with Crippen LogP contribution in [-0.2, 0) is 65.4 Å². The van der Waals surface area contributed by atoms with E-state index in [1.54, 1.807) is 0 Å². The number of ether oxygens (including phenoxy) is 4. The van der Waals surface area contributed by atoms with Crippen molar-refractivity contribution in [2.75, 3.05) is 39.6 Å². The summed E-state index contributed by atoms with van der Waals surface area (Å²) in [4.78, 5) is 72.6. The lowest BCUT2D eigenvalue weighted by atomic mass is 10.0. The average Bonchev–Trinajstić information content (AvgIpc) is 1.45. The van der Waals surface area contributed by atoms with Crippen molar-refractivity contribution in [1.29, 1.82) is 0 Å². The standard InChI is InChI=1S/C75H146O17P2/c1-7-9-11-13-15-17-19-21-23-24-25-26-27-28-29-30-32-34-36-38-47-53-59-74(79)91-70(63-85-72(77)57-51-45-37-35-33-31-22-20-18-16-14-12-10-8-2)65-89-93(81,82)87-61-69(76)62-88-94(83,84)90-66-71(92-75(80)60-54-48-42-40-44-50-56-68(5)6)64-86-73(78)58-52-46-41-39-43-49-55-67(3)4/h67-71,76H,7-66H2,1-6H3,(H,81,82)(H,83,84)/t69-,70-,71-/m1/s1. The second-order valence-corrected chi connectivity index (χ2v) is 30.9. The predicted octanol–water partition coefficient (Wildman–Crippen LogP) is 21.9. The zero-order valence-electron chi connectivity index (χ0n) is 61.3. The number of phosphoric ester groups is 2. The Morgan fingerprint density at radius 3 is 0.723 bits per heavy atom. The van der Waals surface area contributed by atoms with Crippen LogP contribution in [0.25, 0.3) is 0 Å². The molecule has 19 heteroatoms. The molecule has 17 nitrogen and oxygen atoms in total. The first-order chi connectivity index (χ1) is 45.4. The van der Waals surface area contributed by atoms with Gasteiger partial charge in [-0.05, 0) is 37.5 Å². The number of rotatable bonds is 74. The second-order valence-electron chi connectivity index (χ2n) is 28.0. The fourth-order valence-electron chi connectivity index (χ4n) is 11.5. The number of hydrogen-bond acceptors (Lipinski definition) is 15. The lowest BCUT2D eigenvalue weighted by Crippen LogP contribution is -2.30. The largest absolute Gasteiger partial charge is 0.472 e. The molecule has 2 unspecified atom stereocenters. The lowest BCUT2D eigenvalue weighted by molar-refractivity contribution is -0.161. The van der Waals surface area contributed by atoms with Crippen molar-refractivity contribution in [3.8, 4) is 0 Å². The molecular formula is C75H146O17P2. The summed E-state index contributed by atoms with van der Waals surface area (Å²) >= 11 is 0. The summed E-state index contributed by atoms with van der Waals surface area (Å²) in [5.74, 6) is -0.777. The van der Waals surface area contributed by atoms with Crippen molar-refractivity contribution >= 4 is 39.5 Å². The number of unbranched alkanes of at least 4 members (excludes halogenated alkanes) is 44. The summed E-state index contributed by atoms with van der Waals surface area (Å²) in [6.07, 6.45) is 54.7.